The maximum atomic E-state index is 13.2. The van der Waals surface area contributed by atoms with Gasteiger partial charge in [0.25, 0.3) is 5.56 Å². The first-order chi connectivity index (χ1) is 15.4. The number of aromatic nitrogens is 4. The number of anilines is 1. The molecule has 0 radical (unpaired) electrons. The van der Waals surface area contributed by atoms with Crippen LogP contribution in [-0.4, -0.2) is 37.6 Å². The van der Waals surface area contributed by atoms with Crippen LogP contribution in [0.2, 0.25) is 0 Å². The van der Waals surface area contributed by atoms with E-state index >= 15 is 0 Å². The Morgan fingerprint density at radius 3 is 2.44 bits per heavy atom. The Kier molecular flexibility index (Phi) is 5.72. The molecule has 2 aromatic heterocycles. The molecule has 0 aliphatic heterocycles. The lowest BCUT2D eigenvalue weighted by Crippen LogP contribution is -2.30. The van der Waals surface area contributed by atoms with E-state index in [9.17, 15) is 14.4 Å². The van der Waals surface area contributed by atoms with E-state index in [0.29, 0.717) is 17.0 Å². The Morgan fingerprint density at radius 1 is 1.03 bits per heavy atom. The fraction of sp³-hybridized carbons (Fsp3) is 0.261. The molecule has 32 heavy (non-hydrogen) atoms. The lowest BCUT2D eigenvalue weighted by Gasteiger charge is -2.14. The summed E-state index contributed by atoms with van der Waals surface area (Å²) in [6.07, 6.45) is 0. The smallest absolute Gasteiger partial charge is 0.340 e. The topological polar surface area (TPSA) is 108 Å². The van der Waals surface area contributed by atoms with Crippen molar-refractivity contribution in [3.05, 3.63) is 70.3 Å². The molecule has 2 heterocycles. The first kappa shape index (κ1) is 21.2. The van der Waals surface area contributed by atoms with Crippen LogP contribution in [0.15, 0.2) is 53.3 Å². The van der Waals surface area contributed by atoms with Gasteiger partial charge in [0, 0.05) is 5.92 Å². The number of benzene rings is 2. The molecule has 2 aromatic carbocycles. The van der Waals surface area contributed by atoms with Crippen LogP contribution in [0.1, 0.15) is 42.9 Å². The van der Waals surface area contributed by atoms with E-state index in [-0.39, 0.29) is 30.3 Å². The zero-order valence-electron chi connectivity index (χ0n) is 18.0. The molecule has 0 aliphatic carbocycles. The van der Waals surface area contributed by atoms with Gasteiger partial charge in [0.05, 0.1) is 28.9 Å². The quantitative estimate of drug-likeness (QED) is 0.469. The predicted octanol–water partition coefficient (Wildman–Crippen LogP) is 2.98. The lowest BCUT2D eigenvalue weighted by molar-refractivity contribution is -0.116. The number of para-hydroxylation sites is 3. The van der Waals surface area contributed by atoms with Gasteiger partial charge in [-0.2, -0.15) is 0 Å². The highest BCUT2D eigenvalue weighted by atomic mass is 16.5. The van der Waals surface area contributed by atoms with E-state index in [2.05, 4.69) is 15.5 Å². The van der Waals surface area contributed by atoms with Crippen LogP contribution in [0.25, 0.3) is 16.7 Å². The molecule has 9 nitrogen and oxygen atoms in total. The fourth-order valence-corrected chi connectivity index (χ4v) is 3.63. The van der Waals surface area contributed by atoms with Gasteiger partial charge in [-0.1, -0.05) is 38.1 Å². The van der Waals surface area contributed by atoms with Crippen molar-refractivity contribution >= 4 is 34.2 Å². The molecule has 4 aromatic rings. The summed E-state index contributed by atoms with van der Waals surface area (Å²) >= 11 is 0. The van der Waals surface area contributed by atoms with Crippen molar-refractivity contribution < 1.29 is 14.3 Å². The van der Waals surface area contributed by atoms with Crippen LogP contribution in [0.4, 0.5) is 5.69 Å². The maximum Gasteiger partial charge on any atom is 0.340 e. The standard InChI is InChI=1S/C23H23N5O4/c1-4-32-23(31)15-9-5-6-10-16(15)24-19(29)13-27-17-11-7-8-12-18(17)28-20(14(2)3)25-26-21(28)22(27)30/h5-12,14H,4,13H2,1-3H3,(H,24,29). The molecular formula is C23H23N5O4. The Morgan fingerprint density at radius 2 is 1.72 bits per heavy atom. The van der Waals surface area contributed by atoms with Crippen molar-refractivity contribution in [2.75, 3.05) is 11.9 Å². The van der Waals surface area contributed by atoms with Crippen LogP contribution in [0, 0.1) is 0 Å². The van der Waals surface area contributed by atoms with E-state index in [4.69, 9.17) is 4.74 Å². The van der Waals surface area contributed by atoms with Crippen molar-refractivity contribution in [3.63, 3.8) is 0 Å². The average molecular weight is 433 g/mol. The number of amides is 1. The summed E-state index contributed by atoms with van der Waals surface area (Å²) in [6.45, 7) is 5.63. The van der Waals surface area contributed by atoms with Crippen LogP contribution in [0.3, 0.4) is 0 Å². The van der Waals surface area contributed by atoms with E-state index in [1.165, 1.54) is 4.57 Å². The zero-order valence-corrected chi connectivity index (χ0v) is 18.0. The zero-order chi connectivity index (χ0) is 22.8. The lowest BCUT2D eigenvalue weighted by atomic mass is 10.2. The molecular weight excluding hydrogens is 410 g/mol. The molecule has 0 atom stereocenters. The largest absolute Gasteiger partial charge is 0.462 e. The fourth-order valence-electron chi connectivity index (χ4n) is 3.63. The minimum Gasteiger partial charge on any atom is -0.462 e. The number of hydrogen-bond donors (Lipinski definition) is 1. The van der Waals surface area contributed by atoms with E-state index in [1.807, 2.05) is 26.0 Å². The molecule has 9 heteroatoms. The van der Waals surface area contributed by atoms with Crippen LogP contribution in [-0.2, 0) is 16.1 Å². The Hall–Kier alpha value is -4.01. The summed E-state index contributed by atoms with van der Waals surface area (Å²) in [5, 5.41) is 11.0. The molecule has 0 saturated heterocycles. The third-order valence-corrected chi connectivity index (χ3v) is 5.05. The Balaban J connectivity index is 1.74. The first-order valence-electron chi connectivity index (χ1n) is 10.3. The number of nitrogens with zero attached hydrogens (tertiary/aromatic N) is 4. The van der Waals surface area contributed by atoms with Gasteiger partial charge in [-0.05, 0) is 31.2 Å². The van der Waals surface area contributed by atoms with Crippen molar-refractivity contribution in [3.8, 4) is 0 Å². The number of carbonyl (C=O) groups is 2. The number of ether oxygens (including phenoxy) is 1. The summed E-state index contributed by atoms with van der Waals surface area (Å²) in [6, 6.07) is 13.9. The third kappa shape index (κ3) is 3.73. The van der Waals surface area contributed by atoms with Crippen molar-refractivity contribution in [2.24, 2.45) is 0 Å². The molecule has 1 amide bonds. The van der Waals surface area contributed by atoms with Gasteiger partial charge in [0.15, 0.2) is 0 Å². The molecule has 4 rings (SSSR count). The van der Waals surface area contributed by atoms with Crippen molar-refractivity contribution in [1.82, 2.24) is 19.2 Å². The molecule has 0 unspecified atom stereocenters. The minimum absolute atomic E-state index is 0.0614. The summed E-state index contributed by atoms with van der Waals surface area (Å²) < 4.78 is 8.16. The second-order valence-electron chi connectivity index (χ2n) is 7.57. The molecule has 0 saturated carbocycles. The highest BCUT2D eigenvalue weighted by Crippen LogP contribution is 2.20. The third-order valence-electron chi connectivity index (χ3n) is 5.05. The number of fused-ring (bicyclic) bond motifs is 3. The number of rotatable bonds is 6. The molecule has 0 fully saturated rings. The average Bonchev–Trinajstić information content (AvgIpc) is 3.23. The highest BCUT2D eigenvalue weighted by molar-refractivity contribution is 6.01. The second-order valence-corrected chi connectivity index (χ2v) is 7.57. The first-order valence-corrected chi connectivity index (χ1v) is 10.3. The SMILES string of the molecule is CCOC(=O)c1ccccc1NC(=O)Cn1c(=O)c2nnc(C(C)C)n2c2ccccc21. The van der Waals surface area contributed by atoms with E-state index < -0.39 is 17.4 Å². The van der Waals surface area contributed by atoms with Gasteiger partial charge >= 0.3 is 5.97 Å². The second kappa shape index (κ2) is 8.62. The van der Waals surface area contributed by atoms with Gasteiger partial charge in [-0.25, -0.2) is 4.79 Å². The van der Waals surface area contributed by atoms with Crippen LogP contribution < -0.4 is 10.9 Å². The Bertz CT molecular complexity index is 1390. The molecule has 164 valence electrons. The molecule has 0 spiro atoms. The van der Waals surface area contributed by atoms with Crippen molar-refractivity contribution in [1.29, 1.82) is 0 Å². The number of carbonyl (C=O) groups excluding carboxylic acids is 2. The monoisotopic (exact) mass is 433 g/mol. The van der Waals surface area contributed by atoms with Gasteiger partial charge < -0.3 is 10.1 Å². The van der Waals surface area contributed by atoms with Crippen molar-refractivity contribution in [2.45, 2.75) is 33.2 Å². The van der Waals surface area contributed by atoms with E-state index in [0.717, 1.165) is 5.52 Å². The van der Waals surface area contributed by atoms with Gasteiger partial charge in [0.1, 0.15) is 12.4 Å². The van der Waals surface area contributed by atoms with Crippen LogP contribution >= 0.6 is 0 Å². The van der Waals surface area contributed by atoms with Crippen LogP contribution in [0.5, 0.6) is 0 Å². The Labute approximate surface area is 183 Å². The van der Waals surface area contributed by atoms with Gasteiger partial charge in [-0.3, -0.25) is 18.6 Å². The molecule has 1 N–H and O–H groups in total. The normalized spacial score (nSPS) is 11.2. The summed E-state index contributed by atoms with van der Waals surface area (Å²) in [5.74, 6) is -0.251. The minimum atomic E-state index is -0.530. The summed E-state index contributed by atoms with van der Waals surface area (Å²) in [5.41, 5.74) is 1.62. The summed E-state index contributed by atoms with van der Waals surface area (Å²) in [7, 11) is 0. The summed E-state index contributed by atoms with van der Waals surface area (Å²) in [4.78, 5) is 38.3. The maximum absolute atomic E-state index is 13.2. The van der Waals surface area contributed by atoms with Gasteiger partial charge in [-0.15, -0.1) is 10.2 Å². The molecule has 0 aliphatic rings. The highest BCUT2D eigenvalue weighted by Gasteiger charge is 2.20. The number of nitrogens with one attached hydrogen (secondary N) is 1. The number of esters is 1. The predicted molar refractivity (Wildman–Crippen MR) is 120 cm³/mol. The molecule has 0 bridgehead atoms. The van der Waals surface area contributed by atoms with Gasteiger partial charge in [0.2, 0.25) is 11.6 Å². The number of hydrogen-bond acceptors (Lipinski definition) is 6. The van der Waals surface area contributed by atoms with E-state index in [1.54, 1.807) is 47.7 Å².